The summed E-state index contributed by atoms with van der Waals surface area (Å²) < 4.78 is 13.8. The van der Waals surface area contributed by atoms with E-state index in [4.69, 9.17) is 16.7 Å². The minimum Gasteiger partial charge on any atom is -0.326 e. The topological polar surface area (TPSA) is 74.1 Å². The van der Waals surface area contributed by atoms with Crippen molar-refractivity contribution in [3.8, 4) is 0 Å². The van der Waals surface area contributed by atoms with E-state index in [1.54, 1.807) is 24.1 Å². The summed E-state index contributed by atoms with van der Waals surface area (Å²) >= 11 is 7.33. The van der Waals surface area contributed by atoms with E-state index in [9.17, 15) is 14.0 Å². The van der Waals surface area contributed by atoms with Gasteiger partial charge in [-0.15, -0.1) is 0 Å². The summed E-state index contributed by atoms with van der Waals surface area (Å²) in [5.74, 6) is -1.18. The molecule has 2 heterocycles. The molecule has 0 saturated heterocycles. The van der Waals surface area contributed by atoms with E-state index in [1.807, 2.05) is 55.5 Å². The molecule has 2 aliphatic heterocycles. The summed E-state index contributed by atoms with van der Waals surface area (Å²) in [6, 6.07) is 20.0. The lowest BCUT2D eigenvalue weighted by Gasteiger charge is -2.23. The zero-order valence-corrected chi connectivity index (χ0v) is 21.8. The van der Waals surface area contributed by atoms with Gasteiger partial charge in [0.05, 0.1) is 11.8 Å². The number of thioether (sulfide) groups is 1. The summed E-state index contributed by atoms with van der Waals surface area (Å²) in [7, 11) is 0. The monoisotopic (exact) mass is 534 g/mol. The number of hydrogen-bond donors (Lipinski definition) is 1. The van der Waals surface area contributed by atoms with E-state index >= 15 is 0 Å². The van der Waals surface area contributed by atoms with Crippen molar-refractivity contribution in [2.75, 3.05) is 5.32 Å². The van der Waals surface area contributed by atoms with Gasteiger partial charge in [0.2, 0.25) is 5.91 Å². The highest BCUT2D eigenvalue weighted by Gasteiger charge is 2.39. The Labute approximate surface area is 223 Å². The maximum absolute atomic E-state index is 13.8. The molecule has 2 atom stereocenters. The number of benzene rings is 3. The quantitative estimate of drug-likeness (QED) is 0.418. The van der Waals surface area contributed by atoms with Crippen molar-refractivity contribution in [1.29, 1.82) is 0 Å². The molecule has 37 heavy (non-hydrogen) atoms. The van der Waals surface area contributed by atoms with Crippen molar-refractivity contribution >= 4 is 51.7 Å². The molecule has 2 amide bonds. The van der Waals surface area contributed by atoms with Crippen LogP contribution in [0, 0.1) is 19.7 Å². The molecule has 0 spiro atoms. The van der Waals surface area contributed by atoms with Crippen molar-refractivity contribution in [3.05, 3.63) is 99.8 Å². The third-order valence-corrected chi connectivity index (χ3v) is 7.70. The summed E-state index contributed by atoms with van der Waals surface area (Å²) in [6.07, 6.45) is 0.544. The lowest BCUT2D eigenvalue weighted by atomic mass is 9.98. The van der Waals surface area contributed by atoms with Gasteiger partial charge in [-0.1, -0.05) is 71.4 Å². The fourth-order valence-electron chi connectivity index (χ4n) is 4.21. The number of aryl methyl sites for hydroxylation is 2. The lowest BCUT2D eigenvalue weighted by Crippen LogP contribution is -2.25. The van der Waals surface area contributed by atoms with Crippen LogP contribution in [0.25, 0.3) is 0 Å². The number of nitrogens with zero attached hydrogens (tertiary/aromatic N) is 3. The first-order valence-corrected chi connectivity index (χ1v) is 13.1. The predicted octanol–water partition coefficient (Wildman–Crippen LogP) is 6.27. The molecular weight excluding hydrogens is 511 g/mol. The number of rotatable bonds is 5. The molecule has 0 bridgehead atoms. The number of carbonyl (C=O) groups is 2. The average Bonchev–Trinajstić information content (AvgIpc) is 3.46. The van der Waals surface area contributed by atoms with E-state index in [1.165, 1.54) is 17.8 Å². The Morgan fingerprint density at radius 2 is 1.84 bits per heavy atom. The van der Waals surface area contributed by atoms with Crippen molar-refractivity contribution in [3.63, 3.8) is 0 Å². The predicted molar refractivity (Wildman–Crippen MR) is 147 cm³/mol. The molecule has 0 saturated carbocycles. The fourth-order valence-corrected chi connectivity index (χ4v) is 5.39. The minimum atomic E-state index is -0.685. The molecule has 0 aliphatic carbocycles. The molecule has 0 radical (unpaired) electrons. The van der Waals surface area contributed by atoms with E-state index < -0.39 is 11.1 Å². The number of hydrogen-bond acceptors (Lipinski definition) is 5. The van der Waals surface area contributed by atoms with Crippen molar-refractivity contribution < 1.29 is 14.0 Å². The smallest absolute Gasteiger partial charge is 0.262 e. The number of anilines is 1. The van der Waals surface area contributed by atoms with Gasteiger partial charge in [-0.25, -0.2) is 9.40 Å². The van der Waals surface area contributed by atoms with Crippen molar-refractivity contribution in [1.82, 2.24) is 5.01 Å². The van der Waals surface area contributed by atoms with Gasteiger partial charge in [-0.2, -0.15) is 10.1 Å². The first-order valence-electron chi connectivity index (χ1n) is 11.8. The van der Waals surface area contributed by atoms with Gasteiger partial charge in [0, 0.05) is 23.6 Å². The van der Waals surface area contributed by atoms with Crippen LogP contribution in [-0.2, 0) is 9.59 Å². The van der Waals surface area contributed by atoms with Crippen LogP contribution in [0.4, 0.5) is 10.1 Å². The maximum atomic E-state index is 13.8. The molecular formula is C28H24ClFN4O2S. The molecule has 0 aromatic heterocycles. The van der Waals surface area contributed by atoms with Crippen molar-refractivity contribution in [2.24, 2.45) is 10.1 Å². The summed E-state index contributed by atoms with van der Waals surface area (Å²) in [5, 5.41) is 9.69. The first kappa shape index (κ1) is 25.2. The second kappa shape index (κ2) is 10.5. The zero-order chi connectivity index (χ0) is 26.1. The third kappa shape index (κ3) is 5.60. The third-order valence-electron chi connectivity index (χ3n) is 6.30. The van der Waals surface area contributed by atoms with Crippen LogP contribution in [0.5, 0.6) is 0 Å². The maximum Gasteiger partial charge on any atom is 0.262 e. The van der Waals surface area contributed by atoms with Gasteiger partial charge in [-0.05, 0) is 54.8 Å². The molecule has 3 aromatic carbocycles. The largest absolute Gasteiger partial charge is 0.326 e. The van der Waals surface area contributed by atoms with Gasteiger partial charge in [-0.3, -0.25) is 9.59 Å². The molecule has 6 nitrogen and oxygen atoms in total. The van der Waals surface area contributed by atoms with Crippen LogP contribution >= 0.6 is 23.4 Å². The highest BCUT2D eigenvalue weighted by Crippen LogP contribution is 2.39. The van der Waals surface area contributed by atoms with Crippen LogP contribution < -0.4 is 5.32 Å². The summed E-state index contributed by atoms with van der Waals surface area (Å²) in [4.78, 5) is 29.6. The first-order chi connectivity index (χ1) is 17.8. The Morgan fingerprint density at radius 1 is 1.11 bits per heavy atom. The number of aliphatic imine (C=N–C) groups is 1. The normalized spacial score (nSPS) is 19.1. The number of amidine groups is 1. The molecule has 2 unspecified atom stereocenters. The van der Waals surface area contributed by atoms with E-state index in [0.29, 0.717) is 27.9 Å². The van der Waals surface area contributed by atoms with Crippen LogP contribution in [0.1, 0.15) is 41.1 Å². The summed E-state index contributed by atoms with van der Waals surface area (Å²) in [5.41, 5.74) is 4.88. The average molecular weight is 535 g/mol. The SMILES string of the molecule is Cc1ccc(C2=NN(C3=NC(=O)C(CC(=O)Nc4ccc(C)c(F)c4)S3)C(c3ccc(Cl)cc3)C2)cc1. The lowest BCUT2D eigenvalue weighted by molar-refractivity contribution is -0.121. The number of carbonyl (C=O) groups excluding carboxylic acids is 2. The molecule has 3 aromatic rings. The highest BCUT2D eigenvalue weighted by molar-refractivity contribution is 8.15. The highest BCUT2D eigenvalue weighted by atomic mass is 35.5. The van der Waals surface area contributed by atoms with Gasteiger partial charge in [0.25, 0.3) is 5.91 Å². The van der Waals surface area contributed by atoms with Gasteiger partial charge >= 0.3 is 0 Å². The Bertz CT molecular complexity index is 1420. The van der Waals surface area contributed by atoms with Crippen LogP contribution in [0.2, 0.25) is 5.02 Å². The fraction of sp³-hybridized carbons (Fsp3) is 0.214. The molecule has 5 rings (SSSR count). The second-order valence-electron chi connectivity index (χ2n) is 9.08. The van der Waals surface area contributed by atoms with E-state index in [0.717, 1.165) is 22.4 Å². The van der Waals surface area contributed by atoms with Crippen LogP contribution in [0.15, 0.2) is 76.8 Å². The number of amides is 2. The Balaban J connectivity index is 1.34. The van der Waals surface area contributed by atoms with Crippen LogP contribution in [-0.4, -0.2) is 33.0 Å². The zero-order valence-electron chi connectivity index (χ0n) is 20.2. The standard InChI is InChI=1S/C28H24ClFN4O2S/c1-16-3-6-18(7-4-16)23-14-24(19-8-10-20(29)11-9-19)34(33-23)28-32-27(36)25(37-28)15-26(35)31-21-12-5-17(2)22(30)13-21/h3-13,24-25H,14-15H2,1-2H3,(H,31,35). The van der Waals surface area contributed by atoms with Gasteiger partial charge in [0.1, 0.15) is 11.1 Å². The Kier molecular flexibility index (Phi) is 7.13. The molecule has 188 valence electrons. The van der Waals surface area contributed by atoms with Gasteiger partial charge in [0.15, 0.2) is 5.17 Å². The molecule has 0 fully saturated rings. The summed E-state index contributed by atoms with van der Waals surface area (Å²) in [6.45, 7) is 3.68. The van der Waals surface area contributed by atoms with Crippen LogP contribution in [0.3, 0.4) is 0 Å². The second-order valence-corrected chi connectivity index (χ2v) is 10.7. The Morgan fingerprint density at radius 3 is 2.54 bits per heavy atom. The Hall–Kier alpha value is -3.49. The molecule has 1 N–H and O–H groups in total. The minimum absolute atomic E-state index is 0.0834. The van der Waals surface area contributed by atoms with Crippen molar-refractivity contribution in [2.45, 2.75) is 38.0 Å². The van der Waals surface area contributed by atoms with E-state index in [2.05, 4.69) is 10.3 Å². The number of nitrogens with one attached hydrogen (secondary N) is 1. The number of hydrazone groups is 1. The number of halogens is 2. The van der Waals surface area contributed by atoms with Gasteiger partial charge < -0.3 is 5.32 Å². The molecule has 2 aliphatic rings. The van der Waals surface area contributed by atoms with E-state index in [-0.39, 0.29) is 24.3 Å². The molecule has 9 heteroatoms.